The molecule has 28 heavy (non-hydrogen) atoms. The van der Waals surface area contributed by atoms with Crippen LogP contribution in [0, 0.1) is 21.4 Å². The summed E-state index contributed by atoms with van der Waals surface area (Å²) in [6.07, 6.45) is 0. The van der Waals surface area contributed by atoms with E-state index in [4.69, 9.17) is 26.5 Å². The van der Waals surface area contributed by atoms with Gasteiger partial charge in [0.2, 0.25) is 5.88 Å². The fourth-order valence-corrected chi connectivity index (χ4v) is 3.47. The van der Waals surface area contributed by atoms with Crippen LogP contribution in [0.5, 0.6) is 5.75 Å². The van der Waals surface area contributed by atoms with Crippen LogP contribution in [0.1, 0.15) is 17.0 Å². The first-order valence-corrected chi connectivity index (χ1v) is 8.37. The highest BCUT2D eigenvalue weighted by Gasteiger charge is 2.37. The van der Waals surface area contributed by atoms with Crippen molar-refractivity contribution in [2.24, 2.45) is 5.73 Å². The van der Waals surface area contributed by atoms with Crippen LogP contribution < -0.4 is 16.1 Å². The number of nitro benzene ring substituents is 1. The van der Waals surface area contributed by atoms with Gasteiger partial charge in [-0.15, -0.1) is 0 Å². The zero-order valence-electron chi connectivity index (χ0n) is 14.0. The van der Waals surface area contributed by atoms with Crippen LogP contribution in [0.4, 0.5) is 5.69 Å². The largest absolute Gasteiger partial charge is 0.439 e. The molecule has 0 fully saturated rings. The second kappa shape index (κ2) is 6.40. The summed E-state index contributed by atoms with van der Waals surface area (Å²) < 4.78 is 11.0. The molecule has 3 aromatic rings. The Morgan fingerprint density at radius 3 is 2.71 bits per heavy atom. The van der Waals surface area contributed by atoms with Gasteiger partial charge in [0, 0.05) is 17.2 Å². The third-order valence-corrected chi connectivity index (χ3v) is 4.82. The standard InChI is InChI=1S/C19H10ClN3O5/c20-13-6-5-9(23(25)26)7-11(13)15-12(8-21)18(22)28-17-10-3-1-2-4-14(10)27-19(24)16(15)17/h1-7,15H,22H2/t15-/m0/s1. The lowest BCUT2D eigenvalue weighted by atomic mass is 9.83. The van der Waals surface area contributed by atoms with E-state index in [9.17, 15) is 20.2 Å². The number of benzene rings is 2. The maximum absolute atomic E-state index is 12.8. The van der Waals surface area contributed by atoms with Gasteiger partial charge in [-0.2, -0.15) is 5.26 Å². The summed E-state index contributed by atoms with van der Waals surface area (Å²) in [5, 5.41) is 21.4. The SMILES string of the molecule is N#CC1=C(N)Oc2c(c(=O)oc3ccccc23)[C@H]1c1cc([N+](=O)[O-])ccc1Cl. The molecule has 8 nitrogen and oxygen atoms in total. The van der Waals surface area contributed by atoms with E-state index >= 15 is 0 Å². The number of hydrogen-bond acceptors (Lipinski definition) is 7. The molecule has 9 heteroatoms. The van der Waals surface area contributed by atoms with E-state index in [2.05, 4.69) is 0 Å². The summed E-state index contributed by atoms with van der Waals surface area (Å²) in [4.78, 5) is 23.4. The highest BCUT2D eigenvalue weighted by Crippen LogP contribution is 2.45. The lowest BCUT2D eigenvalue weighted by Gasteiger charge is -2.26. The molecular weight excluding hydrogens is 386 g/mol. The summed E-state index contributed by atoms with van der Waals surface area (Å²) >= 11 is 6.27. The van der Waals surface area contributed by atoms with Crippen molar-refractivity contribution in [3.8, 4) is 11.8 Å². The fourth-order valence-electron chi connectivity index (χ4n) is 3.24. The molecule has 0 unspecified atom stereocenters. The number of nitriles is 1. The molecule has 2 N–H and O–H groups in total. The number of para-hydroxylation sites is 1. The van der Waals surface area contributed by atoms with E-state index in [0.29, 0.717) is 5.39 Å². The zero-order valence-corrected chi connectivity index (χ0v) is 14.8. The normalized spacial score (nSPS) is 15.6. The van der Waals surface area contributed by atoms with Gasteiger partial charge in [0.1, 0.15) is 17.2 Å². The number of fused-ring (bicyclic) bond motifs is 3. The average Bonchev–Trinajstić information content (AvgIpc) is 2.67. The fraction of sp³-hybridized carbons (Fsp3) is 0.0526. The number of rotatable bonds is 2. The first kappa shape index (κ1) is 17.6. The third kappa shape index (κ3) is 2.57. The molecule has 2 heterocycles. The Bertz CT molecular complexity index is 1290. The Labute approximate surface area is 162 Å². The van der Waals surface area contributed by atoms with Crippen molar-refractivity contribution in [1.82, 2.24) is 0 Å². The van der Waals surface area contributed by atoms with Crippen LogP contribution in [-0.4, -0.2) is 4.92 Å². The van der Waals surface area contributed by atoms with Crippen LogP contribution in [0.2, 0.25) is 5.02 Å². The zero-order chi connectivity index (χ0) is 20.0. The van der Waals surface area contributed by atoms with Gasteiger partial charge in [-0.3, -0.25) is 10.1 Å². The number of halogens is 1. The summed E-state index contributed by atoms with van der Waals surface area (Å²) in [6, 6.07) is 12.4. The number of allylic oxidation sites excluding steroid dienone is 1. The highest BCUT2D eigenvalue weighted by atomic mass is 35.5. The summed E-state index contributed by atoms with van der Waals surface area (Å²) in [5.41, 5.74) is 5.34. The minimum absolute atomic E-state index is 0.00634. The van der Waals surface area contributed by atoms with Crippen molar-refractivity contribution >= 4 is 28.3 Å². The Hall–Kier alpha value is -3.83. The van der Waals surface area contributed by atoms with Gasteiger partial charge in [-0.1, -0.05) is 23.7 Å². The first-order chi connectivity index (χ1) is 13.4. The monoisotopic (exact) mass is 395 g/mol. The average molecular weight is 396 g/mol. The van der Waals surface area contributed by atoms with Crippen LogP contribution in [0.15, 0.2) is 63.1 Å². The lowest BCUT2D eigenvalue weighted by Crippen LogP contribution is -2.26. The second-order valence-corrected chi connectivity index (χ2v) is 6.42. The number of nitrogens with two attached hydrogens (primary N) is 1. The smallest absolute Gasteiger partial charge is 0.344 e. The van der Waals surface area contributed by atoms with Gasteiger partial charge in [-0.05, 0) is 23.8 Å². The Morgan fingerprint density at radius 1 is 1.25 bits per heavy atom. The molecule has 0 saturated heterocycles. The molecule has 1 atom stereocenters. The van der Waals surface area contributed by atoms with Crippen molar-refractivity contribution < 1.29 is 14.1 Å². The van der Waals surface area contributed by atoms with Crippen LogP contribution in [0.3, 0.4) is 0 Å². The van der Waals surface area contributed by atoms with Gasteiger partial charge in [0.25, 0.3) is 5.69 Å². The van der Waals surface area contributed by atoms with Crippen molar-refractivity contribution in [2.45, 2.75) is 5.92 Å². The molecule has 1 aromatic heterocycles. The molecule has 0 spiro atoms. The molecule has 0 aliphatic carbocycles. The minimum Gasteiger partial charge on any atom is -0.439 e. The maximum atomic E-state index is 12.8. The molecule has 0 saturated carbocycles. The highest BCUT2D eigenvalue weighted by molar-refractivity contribution is 6.31. The van der Waals surface area contributed by atoms with Gasteiger partial charge in [0.05, 0.1) is 21.8 Å². The van der Waals surface area contributed by atoms with Gasteiger partial charge in [0.15, 0.2) is 5.75 Å². The molecule has 4 rings (SSSR count). The van der Waals surface area contributed by atoms with Crippen molar-refractivity contribution in [3.05, 3.63) is 90.6 Å². The molecule has 0 bridgehead atoms. The Kier molecular flexibility index (Phi) is 4.02. The number of nitro groups is 1. The predicted molar refractivity (Wildman–Crippen MR) is 99.9 cm³/mol. The van der Waals surface area contributed by atoms with E-state index < -0.39 is 16.5 Å². The summed E-state index contributed by atoms with van der Waals surface area (Å²) in [7, 11) is 0. The Balaban J connectivity index is 2.10. The third-order valence-electron chi connectivity index (χ3n) is 4.48. The van der Waals surface area contributed by atoms with Gasteiger partial charge in [-0.25, -0.2) is 4.79 Å². The molecule has 2 aromatic carbocycles. The predicted octanol–water partition coefficient (Wildman–Crippen LogP) is 3.57. The van der Waals surface area contributed by atoms with Gasteiger partial charge < -0.3 is 14.9 Å². The second-order valence-electron chi connectivity index (χ2n) is 6.02. The van der Waals surface area contributed by atoms with Crippen LogP contribution in [-0.2, 0) is 0 Å². The van der Waals surface area contributed by atoms with Crippen LogP contribution in [0.25, 0.3) is 11.0 Å². The molecule has 0 amide bonds. The maximum Gasteiger partial charge on any atom is 0.344 e. The van der Waals surface area contributed by atoms with Crippen molar-refractivity contribution in [1.29, 1.82) is 5.26 Å². The summed E-state index contributed by atoms with van der Waals surface area (Å²) in [5.74, 6) is -1.14. The molecule has 138 valence electrons. The van der Waals surface area contributed by atoms with E-state index in [0.717, 1.165) is 0 Å². The van der Waals surface area contributed by atoms with Gasteiger partial charge >= 0.3 is 5.63 Å². The van der Waals surface area contributed by atoms with Crippen molar-refractivity contribution in [2.75, 3.05) is 0 Å². The van der Waals surface area contributed by atoms with Crippen LogP contribution >= 0.6 is 11.6 Å². The first-order valence-electron chi connectivity index (χ1n) is 7.99. The Morgan fingerprint density at radius 2 is 2.00 bits per heavy atom. The molecule has 1 aliphatic rings. The van der Waals surface area contributed by atoms with E-state index in [1.807, 2.05) is 6.07 Å². The van der Waals surface area contributed by atoms with E-state index in [1.165, 1.54) is 18.2 Å². The molecule has 1 aliphatic heterocycles. The number of ether oxygens (including phenoxy) is 1. The number of hydrogen-bond donors (Lipinski definition) is 1. The van der Waals surface area contributed by atoms with Crippen molar-refractivity contribution in [3.63, 3.8) is 0 Å². The minimum atomic E-state index is -1.07. The lowest BCUT2D eigenvalue weighted by molar-refractivity contribution is -0.384. The topological polar surface area (TPSA) is 132 Å². The quantitative estimate of drug-likeness (QED) is 0.398. The summed E-state index contributed by atoms with van der Waals surface area (Å²) in [6.45, 7) is 0. The number of nitrogens with zero attached hydrogens (tertiary/aromatic N) is 2. The number of non-ortho nitro benzene ring substituents is 1. The molecular formula is C19H10ClN3O5. The van der Waals surface area contributed by atoms with E-state index in [-0.39, 0.29) is 44.6 Å². The van der Waals surface area contributed by atoms with E-state index in [1.54, 1.807) is 24.3 Å². The molecule has 0 radical (unpaired) electrons.